The smallest absolute Gasteiger partial charge is 0.339 e. The zero-order chi connectivity index (χ0) is 30.9. The first kappa shape index (κ1) is 28.3. The van der Waals surface area contributed by atoms with Crippen molar-refractivity contribution in [2.24, 2.45) is 23.7 Å². The normalized spacial score (nSPS) is 22.0. The third kappa shape index (κ3) is 4.59. The predicted octanol–water partition coefficient (Wildman–Crippen LogP) is 7.02. The molecule has 4 aromatic rings. The number of Topliss-reactive ketones (excluding diaryl/α,β-unsaturated/α-hetero) is 1. The van der Waals surface area contributed by atoms with Crippen molar-refractivity contribution in [3.8, 4) is 11.3 Å². The summed E-state index contributed by atoms with van der Waals surface area (Å²) in [6.45, 7) is 5.51. The second kappa shape index (κ2) is 10.6. The van der Waals surface area contributed by atoms with Gasteiger partial charge in [-0.15, -0.1) is 0 Å². The summed E-state index contributed by atoms with van der Waals surface area (Å²) in [5.41, 5.74) is 6.26. The highest BCUT2D eigenvalue weighted by Gasteiger charge is 2.60. The van der Waals surface area contributed by atoms with Crippen LogP contribution in [0.3, 0.4) is 0 Å². The molecule has 1 saturated heterocycles. The minimum atomic E-state index is -0.633. The molecule has 4 unspecified atom stereocenters. The third-order valence-electron chi connectivity index (χ3n) is 9.30. The van der Waals surface area contributed by atoms with E-state index >= 15 is 0 Å². The summed E-state index contributed by atoms with van der Waals surface area (Å²) in [6, 6.07) is 19.6. The van der Waals surface area contributed by atoms with Crippen molar-refractivity contribution in [1.82, 2.24) is 4.98 Å². The first-order valence-corrected chi connectivity index (χ1v) is 15.4. The van der Waals surface area contributed by atoms with Crippen LogP contribution in [0.1, 0.15) is 45.2 Å². The van der Waals surface area contributed by atoms with Crippen LogP contribution in [-0.4, -0.2) is 35.2 Å². The molecule has 4 atom stereocenters. The Hall–Kier alpha value is -4.43. The maximum absolute atomic E-state index is 13.4. The van der Waals surface area contributed by atoms with Gasteiger partial charge in [0, 0.05) is 21.0 Å². The second-order valence-corrected chi connectivity index (χ2v) is 13.0. The van der Waals surface area contributed by atoms with Crippen molar-refractivity contribution < 1.29 is 23.9 Å². The van der Waals surface area contributed by atoms with Gasteiger partial charge in [0.1, 0.15) is 0 Å². The Labute approximate surface area is 263 Å². The highest BCUT2D eigenvalue weighted by atomic mass is 79.9. The Morgan fingerprint density at radius 1 is 0.932 bits per heavy atom. The number of aryl methyl sites for hydroxylation is 2. The number of rotatable bonds is 6. The molecule has 2 amide bonds. The summed E-state index contributed by atoms with van der Waals surface area (Å²) in [7, 11) is 0. The predicted molar refractivity (Wildman–Crippen MR) is 170 cm³/mol. The van der Waals surface area contributed by atoms with Gasteiger partial charge in [0.2, 0.25) is 11.8 Å². The number of pyridine rings is 1. The number of hydrogen-bond donors (Lipinski definition) is 0. The van der Waals surface area contributed by atoms with E-state index in [9.17, 15) is 19.2 Å². The van der Waals surface area contributed by atoms with Crippen LogP contribution in [0.25, 0.3) is 22.2 Å². The van der Waals surface area contributed by atoms with Crippen molar-refractivity contribution >= 4 is 56.1 Å². The van der Waals surface area contributed by atoms with Crippen LogP contribution >= 0.6 is 15.9 Å². The molecule has 7 rings (SSSR count). The van der Waals surface area contributed by atoms with E-state index < -0.39 is 5.97 Å². The number of ketones is 1. The summed E-state index contributed by atoms with van der Waals surface area (Å²) >= 11 is 3.51. The minimum absolute atomic E-state index is 0.122. The first-order valence-electron chi connectivity index (χ1n) is 14.6. The maximum Gasteiger partial charge on any atom is 0.339 e. The van der Waals surface area contributed by atoms with Gasteiger partial charge in [0.15, 0.2) is 12.4 Å². The van der Waals surface area contributed by atoms with Crippen molar-refractivity contribution in [2.45, 2.75) is 27.2 Å². The van der Waals surface area contributed by atoms with E-state index in [1.165, 1.54) is 10.5 Å². The lowest BCUT2D eigenvalue weighted by Crippen LogP contribution is -2.32. The number of aromatic nitrogens is 1. The molecule has 1 aromatic heterocycles. The Morgan fingerprint density at radius 2 is 1.64 bits per heavy atom. The quantitative estimate of drug-likeness (QED) is 0.0965. The number of imide groups is 1. The fourth-order valence-corrected chi connectivity index (χ4v) is 7.69. The maximum atomic E-state index is 13.4. The van der Waals surface area contributed by atoms with E-state index in [-0.39, 0.29) is 53.4 Å². The van der Waals surface area contributed by atoms with Crippen molar-refractivity contribution in [2.75, 3.05) is 11.5 Å². The molecule has 1 saturated carbocycles. The standard InChI is InChI=1S/C36H29BrN2O5/c1-18-4-6-22(7-5-18)30(40)17-44-36(43)28-16-29(38-33-20(3)13-24(37)15-27(28)33)21-8-10-25(11-9-21)39-34(41)31-23-12-19(2)26(14-23)32(31)35(39)42/h4-13,15-16,23,26,31-32H,14,17H2,1-3H3. The Morgan fingerprint density at radius 3 is 2.36 bits per heavy atom. The monoisotopic (exact) mass is 648 g/mol. The largest absolute Gasteiger partial charge is 0.454 e. The van der Waals surface area contributed by atoms with Crippen LogP contribution in [0.5, 0.6) is 0 Å². The summed E-state index contributed by atoms with van der Waals surface area (Å²) < 4.78 is 6.30. The molecule has 2 aliphatic carbocycles. The van der Waals surface area contributed by atoms with Gasteiger partial charge >= 0.3 is 5.97 Å². The number of esters is 1. The average molecular weight is 650 g/mol. The second-order valence-electron chi connectivity index (χ2n) is 12.1. The number of anilines is 1. The first-order chi connectivity index (χ1) is 21.1. The molecule has 2 fully saturated rings. The molecule has 2 bridgehead atoms. The van der Waals surface area contributed by atoms with Crippen LogP contribution < -0.4 is 4.90 Å². The average Bonchev–Trinajstić information content (AvgIpc) is 3.65. The minimum Gasteiger partial charge on any atom is -0.454 e. The molecule has 2 heterocycles. The van der Waals surface area contributed by atoms with Gasteiger partial charge in [0.25, 0.3) is 0 Å². The van der Waals surface area contributed by atoms with E-state index in [0.717, 1.165) is 22.0 Å². The van der Waals surface area contributed by atoms with Crippen LogP contribution in [0, 0.1) is 37.5 Å². The zero-order valence-electron chi connectivity index (χ0n) is 24.5. The van der Waals surface area contributed by atoms with Crippen molar-refractivity contribution in [3.05, 3.63) is 105 Å². The number of allylic oxidation sites excluding steroid dienone is 2. The molecule has 220 valence electrons. The number of benzene rings is 3. The van der Waals surface area contributed by atoms with E-state index in [1.807, 2.05) is 38.1 Å². The molecular weight excluding hydrogens is 620 g/mol. The number of ether oxygens (including phenoxy) is 1. The van der Waals surface area contributed by atoms with Gasteiger partial charge in [-0.2, -0.15) is 0 Å². The Kier molecular flexibility index (Phi) is 6.85. The van der Waals surface area contributed by atoms with Gasteiger partial charge in [-0.05, 0) is 74.9 Å². The lowest BCUT2D eigenvalue weighted by molar-refractivity contribution is -0.123. The molecule has 0 spiro atoms. The van der Waals surface area contributed by atoms with Crippen molar-refractivity contribution in [1.29, 1.82) is 0 Å². The van der Waals surface area contributed by atoms with Crippen LogP contribution in [-0.2, 0) is 14.3 Å². The number of fused-ring (bicyclic) bond motifs is 6. The van der Waals surface area contributed by atoms with Gasteiger partial charge in [0.05, 0.1) is 34.3 Å². The van der Waals surface area contributed by atoms with Crippen LogP contribution in [0.2, 0.25) is 0 Å². The summed E-state index contributed by atoms with van der Waals surface area (Å²) in [6.07, 6.45) is 3.05. The molecule has 8 heteroatoms. The summed E-state index contributed by atoms with van der Waals surface area (Å²) in [4.78, 5) is 59.1. The van der Waals surface area contributed by atoms with Gasteiger partial charge in [-0.3, -0.25) is 19.3 Å². The molecule has 7 nitrogen and oxygen atoms in total. The number of carbonyl (C=O) groups excluding carboxylic acids is 4. The highest BCUT2D eigenvalue weighted by Crippen LogP contribution is 2.56. The number of nitrogens with zero attached hydrogens (tertiary/aromatic N) is 2. The molecule has 0 radical (unpaired) electrons. The Bertz CT molecular complexity index is 1930. The van der Waals surface area contributed by atoms with Gasteiger partial charge < -0.3 is 4.74 Å². The highest BCUT2D eigenvalue weighted by molar-refractivity contribution is 9.10. The molecule has 0 N–H and O–H groups in total. The number of halogens is 1. The van der Waals surface area contributed by atoms with Gasteiger partial charge in [-0.1, -0.05) is 69.5 Å². The molecule has 3 aliphatic rings. The third-order valence-corrected chi connectivity index (χ3v) is 9.76. The lowest BCUT2D eigenvalue weighted by atomic mass is 9.82. The summed E-state index contributed by atoms with van der Waals surface area (Å²) in [5.74, 6) is -1.42. The molecule has 44 heavy (non-hydrogen) atoms. The number of amides is 2. The molecule has 3 aromatic carbocycles. The van der Waals surface area contributed by atoms with E-state index in [0.29, 0.717) is 33.4 Å². The number of hydrogen-bond acceptors (Lipinski definition) is 6. The zero-order valence-corrected chi connectivity index (χ0v) is 26.1. The van der Waals surface area contributed by atoms with Crippen molar-refractivity contribution in [3.63, 3.8) is 0 Å². The van der Waals surface area contributed by atoms with E-state index in [2.05, 4.69) is 28.9 Å². The van der Waals surface area contributed by atoms with Crippen LogP contribution in [0.4, 0.5) is 5.69 Å². The number of carbonyl (C=O) groups is 4. The fourth-order valence-electron chi connectivity index (χ4n) is 7.11. The Balaban J connectivity index is 1.18. The van der Waals surface area contributed by atoms with Gasteiger partial charge in [-0.25, -0.2) is 9.78 Å². The van der Waals surface area contributed by atoms with E-state index in [4.69, 9.17) is 9.72 Å². The fraction of sp³-hybridized carbons (Fsp3) is 0.250. The topological polar surface area (TPSA) is 93.6 Å². The van der Waals surface area contributed by atoms with E-state index in [1.54, 1.807) is 42.5 Å². The molecular formula is C36H29BrN2O5. The SMILES string of the molecule is CC1=CC2CC1C1C(=O)N(c3ccc(-c4cc(C(=O)OCC(=O)c5ccc(C)cc5)c5cc(Br)cc(C)c5n4)cc3)C(=O)C21. The van der Waals surface area contributed by atoms with Crippen LogP contribution in [0.15, 0.2) is 82.9 Å². The lowest BCUT2D eigenvalue weighted by Gasteiger charge is -2.19. The summed E-state index contributed by atoms with van der Waals surface area (Å²) in [5, 5.41) is 0.600. The molecule has 1 aliphatic heterocycles.